The van der Waals surface area contributed by atoms with Gasteiger partial charge in [-0.05, 0) is 61.9 Å². The molecule has 0 aliphatic carbocycles. The van der Waals surface area contributed by atoms with E-state index in [-0.39, 0.29) is 11.7 Å². The SMILES string of the molecule is COc1ccc(C=C(C#N)C(=O)Nc2ccc(OC(C)C)cc2)cc1. The first kappa shape index (κ1) is 18.1. The second-order valence-corrected chi connectivity index (χ2v) is 5.59. The van der Waals surface area contributed by atoms with E-state index in [1.807, 2.05) is 19.9 Å². The first-order valence-electron chi connectivity index (χ1n) is 7.85. The Balaban J connectivity index is 2.08. The van der Waals surface area contributed by atoms with Crippen molar-refractivity contribution in [1.82, 2.24) is 0 Å². The van der Waals surface area contributed by atoms with Crippen LogP contribution in [0.5, 0.6) is 11.5 Å². The largest absolute Gasteiger partial charge is 0.497 e. The van der Waals surface area contributed by atoms with Crippen LogP contribution in [0.15, 0.2) is 54.1 Å². The van der Waals surface area contributed by atoms with Crippen LogP contribution in [0.1, 0.15) is 19.4 Å². The molecule has 5 nitrogen and oxygen atoms in total. The lowest BCUT2D eigenvalue weighted by Gasteiger charge is -2.10. The Morgan fingerprint density at radius 2 is 1.68 bits per heavy atom. The van der Waals surface area contributed by atoms with Gasteiger partial charge in [0.05, 0.1) is 13.2 Å². The van der Waals surface area contributed by atoms with E-state index < -0.39 is 5.91 Å². The lowest BCUT2D eigenvalue weighted by molar-refractivity contribution is -0.112. The number of nitrogens with zero attached hydrogens (tertiary/aromatic N) is 1. The van der Waals surface area contributed by atoms with Gasteiger partial charge in [-0.2, -0.15) is 5.26 Å². The Hall–Kier alpha value is -3.26. The molecule has 0 saturated carbocycles. The topological polar surface area (TPSA) is 71.3 Å². The summed E-state index contributed by atoms with van der Waals surface area (Å²) in [6, 6.07) is 16.0. The summed E-state index contributed by atoms with van der Waals surface area (Å²) < 4.78 is 10.6. The molecule has 0 unspecified atom stereocenters. The molecule has 2 aromatic carbocycles. The van der Waals surface area contributed by atoms with E-state index in [1.54, 1.807) is 55.6 Å². The van der Waals surface area contributed by atoms with E-state index in [1.165, 1.54) is 6.08 Å². The van der Waals surface area contributed by atoms with Crippen LogP contribution in [0.4, 0.5) is 5.69 Å². The van der Waals surface area contributed by atoms with Crippen LogP contribution in [0, 0.1) is 11.3 Å². The molecule has 0 heterocycles. The van der Waals surface area contributed by atoms with Gasteiger partial charge in [0.25, 0.3) is 5.91 Å². The molecular weight excluding hydrogens is 316 g/mol. The van der Waals surface area contributed by atoms with Crippen molar-refractivity contribution >= 4 is 17.7 Å². The summed E-state index contributed by atoms with van der Waals surface area (Å²) in [6.07, 6.45) is 1.61. The highest BCUT2D eigenvalue weighted by Gasteiger charge is 2.10. The summed E-state index contributed by atoms with van der Waals surface area (Å²) in [5.41, 5.74) is 1.36. The molecule has 0 spiro atoms. The van der Waals surface area contributed by atoms with Gasteiger partial charge in [0.2, 0.25) is 0 Å². The van der Waals surface area contributed by atoms with Gasteiger partial charge >= 0.3 is 0 Å². The number of nitriles is 1. The smallest absolute Gasteiger partial charge is 0.266 e. The number of carbonyl (C=O) groups is 1. The Kier molecular flexibility index (Phi) is 6.19. The molecule has 25 heavy (non-hydrogen) atoms. The standard InChI is InChI=1S/C20H20N2O3/c1-14(2)25-19-10-6-17(7-11-19)22-20(23)16(13-21)12-15-4-8-18(24-3)9-5-15/h4-12,14H,1-3H3,(H,22,23). The van der Waals surface area contributed by atoms with Crippen LogP contribution in [0.2, 0.25) is 0 Å². The summed E-state index contributed by atoms with van der Waals surface area (Å²) in [5, 5.41) is 12.0. The lowest BCUT2D eigenvalue weighted by Crippen LogP contribution is -2.13. The maximum atomic E-state index is 12.3. The number of ether oxygens (including phenoxy) is 2. The van der Waals surface area contributed by atoms with Crippen LogP contribution in [0.3, 0.4) is 0 Å². The van der Waals surface area contributed by atoms with E-state index in [0.29, 0.717) is 11.4 Å². The van der Waals surface area contributed by atoms with Gasteiger partial charge in [-0.1, -0.05) is 12.1 Å². The zero-order chi connectivity index (χ0) is 18.2. The molecule has 0 aliphatic heterocycles. The molecule has 5 heteroatoms. The minimum Gasteiger partial charge on any atom is -0.497 e. The van der Waals surface area contributed by atoms with Crippen molar-refractivity contribution in [3.8, 4) is 17.6 Å². The van der Waals surface area contributed by atoms with Crippen LogP contribution in [-0.2, 0) is 4.79 Å². The lowest BCUT2D eigenvalue weighted by atomic mass is 10.1. The van der Waals surface area contributed by atoms with Crippen LogP contribution in [0.25, 0.3) is 6.08 Å². The quantitative estimate of drug-likeness (QED) is 0.638. The van der Waals surface area contributed by atoms with E-state index >= 15 is 0 Å². The Bertz CT molecular complexity index is 785. The molecule has 0 radical (unpaired) electrons. The summed E-state index contributed by atoms with van der Waals surface area (Å²) in [5.74, 6) is 0.974. The number of nitrogens with one attached hydrogen (secondary N) is 1. The molecule has 0 fully saturated rings. The number of benzene rings is 2. The zero-order valence-corrected chi connectivity index (χ0v) is 14.4. The van der Waals surface area contributed by atoms with E-state index in [2.05, 4.69) is 5.32 Å². The summed E-state index contributed by atoms with van der Waals surface area (Å²) >= 11 is 0. The van der Waals surface area contributed by atoms with Crippen molar-refractivity contribution in [2.45, 2.75) is 20.0 Å². The molecule has 2 aromatic rings. The molecule has 0 bridgehead atoms. The van der Waals surface area contributed by atoms with Crippen molar-refractivity contribution in [1.29, 1.82) is 5.26 Å². The van der Waals surface area contributed by atoms with Crippen molar-refractivity contribution in [2.75, 3.05) is 12.4 Å². The summed E-state index contributed by atoms with van der Waals surface area (Å²) in [6.45, 7) is 3.89. The van der Waals surface area contributed by atoms with Gasteiger partial charge in [0, 0.05) is 5.69 Å². The van der Waals surface area contributed by atoms with Gasteiger partial charge in [0.15, 0.2) is 0 Å². The number of hydrogen-bond donors (Lipinski definition) is 1. The van der Waals surface area contributed by atoms with Crippen LogP contribution >= 0.6 is 0 Å². The highest BCUT2D eigenvalue weighted by molar-refractivity contribution is 6.09. The maximum absolute atomic E-state index is 12.3. The maximum Gasteiger partial charge on any atom is 0.266 e. The number of methoxy groups -OCH3 is 1. The fraction of sp³-hybridized carbons (Fsp3) is 0.200. The van der Waals surface area contributed by atoms with Crippen molar-refractivity contribution < 1.29 is 14.3 Å². The number of rotatable bonds is 6. The van der Waals surface area contributed by atoms with Gasteiger partial charge in [-0.15, -0.1) is 0 Å². The second-order valence-electron chi connectivity index (χ2n) is 5.59. The average molecular weight is 336 g/mol. The van der Waals surface area contributed by atoms with E-state index in [0.717, 1.165) is 11.3 Å². The normalized spacial score (nSPS) is 10.9. The zero-order valence-electron chi connectivity index (χ0n) is 14.4. The van der Waals surface area contributed by atoms with Gasteiger partial charge in [-0.3, -0.25) is 4.79 Å². The molecule has 0 aromatic heterocycles. The van der Waals surface area contributed by atoms with Crippen molar-refractivity contribution in [2.24, 2.45) is 0 Å². The fourth-order valence-electron chi connectivity index (χ4n) is 2.10. The molecule has 0 saturated heterocycles. The third kappa shape index (κ3) is 5.40. The van der Waals surface area contributed by atoms with Crippen molar-refractivity contribution in [3.05, 3.63) is 59.7 Å². The molecule has 1 amide bonds. The summed E-state index contributed by atoms with van der Waals surface area (Å²) in [7, 11) is 1.58. The van der Waals surface area contributed by atoms with Gasteiger partial charge < -0.3 is 14.8 Å². The fourth-order valence-corrected chi connectivity index (χ4v) is 2.10. The molecule has 1 N–H and O–H groups in total. The number of anilines is 1. The number of hydrogen-bond acceptors (Lipinski definition) is 4. The minimum absolute atomic E-state index is 0.0210. The van der Waals surface area contributed by atoms with E-state index in [4.69, 9.17) is 9.47 Å². The molecule has 128 valence electrons. The number of amides is 1. The third-order valence-corrected chi connectivity index (χ3v) is 3.28. The first-order valence-corrected chi connectivity index (χ1v) is 7.85. The Morgan fingerprint density at radius 1 is 1.08 bits per heavy atom. The monoisotopic (exact) mass is 336 g/mol. The Labute approximate surface area is 147 Å². The predicted molar refractivity (Wildman–Crippen MR) is 97.4 cm³/mol. The highest BCUT2D eigenvalue weighted by atomic mass is 16.5. The molecular formula is C20H20N2O3. The predicted octanol–water partition coefficient (Wildman–Crippen LogP) is 4.03. The van der Waals surface area contributed by atoms with Crippen LogP contribution < -0.4 is 14.8 Å². The molecule has 0 aliphatic rings. The highest BCUT2D eigenvalue weighted by Crippen LogP contribution is 2.18. The minimum atomic E-state index is -0.462. The average Bonchev–Trinajstić information content (AvgIpc) is 2.61. The third-order valence-electron chi connectivity index (χ3n) is 3.28. The van der Waals surface area contributed by atoms with Gasteiger partial charge in [-0.25, -0.2) is 0 Å². The van der Waals surface area contributed by atoms with E-state index in [9.17, 15) is 10.1 Å². The second kappa shape index (κ2) is 8.55. The van der Waals surface area contributed by atoms with Gasteiger partial charge in [0.1, 0.15) is 23.1 Å². The number of carbonyl (C=O) groups excluding carboxylic acids is 1. The molecule has 2 rings (SSSR count). The first-order chi connectivity index (χ1) is 12.0. The van der Waals surface area contributed by atoms with Crippen LogP contribution in [-0.4, -0.2) is 19.1 Å². The van der Waals surface area contributed by atoms with Crippen molar-refractivity contribution in [3.63, 3.8) is 0 Å². The Morgan fingerprint density at radius 3 is 2.20 bits per heavy atom. The summed E-state index contributed by atoms with van der Waals surface area (Å²) in [4.78, 5) is 12.3. The molecule has 0 atom stereocenters.